The lowest BCUT2D eigenvalue weighted by Crippen LogP contribution is -2.59. The maximum atomic E-state index is 12.8. The van der Waals surface area contributed by atoms with Crippen molar-refractivity contribution in [2.75, 3.05) is 18.6 Å². The molecule has 14 heteroatoms. The fourth-order valence-electron chi connectivity index (χ4n) is 2.54. The number of H-pyrrole nitrogens is 1. The van der Waals surface area contributed by atoms with Gasteiger partial charge in [0.25, 0.3) is 0 Å². The molecule has 0 saturated carbocycles. The summed E-state index contributed by atoms with van der Waals surface area (Å²) in [5.41, 5.74) is 6.10. The number of imidazole rings is 1. The Bertz CT molecular complexity index is 761. The van der Waals surface area contributed by atoms with Gasteiger partial charge in [-0.3, -0.25) is 14.4 Å². The van der Waals surface area contributed by atoms with E-state index in [1.54, 1.807) is 6.26 Å². The quantitative estimate of drug-likeness (QED) is 0.136. The second-order valence-electron chi connectivity index (χ2n) is 7.03. The van der Waals surface area contributed by atoms with Crippen LogP contribution in [0.1, 0.15) is 19.0 Å². The molecule has 9 N–H and O–H groups in total. The summed E-state index contributed by atoms with van der Waals surface area (Å²) in [5.74, 6) is -3.27. The summed E-state index contributed by atoms with van der Waals surface area (Å²) in [6.07, 6.45) is 3.53. The standard InChI is InChI=1S/C18H30N6O7S/c1-9(26)14(19)17(29)23-12(5-10-6-20-8-21-10)15(27)24-13(7-25)16(28)22-11(18(30)31)3-4-32-2/h6,8-9,11-14,25-26H,3-5,7,19H2,1-2H3,(H,20,21)(H,22,28)(H,23,29)(H,24,27)(H,30,31). The molecule has 13 nitrogen and oxygen atoms in total. The zero-order chi connectivity index (χ0) is 24.3. The number of nitrogens with zero attached hydrogens (tertiary/aromatic N) is 1. The van der Waals surface area contributed by atoms with Crippen molar-refractivity contribution in [1.29, 1.82) is 0 Å². The molecule has 0 aliphatic rings. The van der Waals surface area contributed by atoms with Gasteiger partial charge in [-0.1, -0.05) is 0 Å². The average Bonchev–Trinajstić information content (AvgIpc) is 3.26. The van der Waals surface area contributed by atoms with Gasteiger partial charge in [-0.2, -0.15) is 11.8 Å². The monoisotopic (exact) mass is 474 g/mol. The molecule has 0 aromatic carbocycles. The minimum absolute atomic E-state index is 0.0463. The van der Waals surface area contributed by atoms with E-state index in [0.29, 0.717) is 11.4 Å². The van der Waals surface area contributed by atoms with Crippen LogP contribution in [0.25, 0.3) is 0 Å². The third-order valence-electron chi connectivity index (χ3n) is 4.48. The zero-order valence-corrected chi connectivity index (χ0v) is 18.6. The smallest absolute Gasteiger partial charge is 0.326 e. The van der Waals surface area contributed by atoms with Crippen LogP contribution in [0.15, 0.2) is 12.5 Å². The van der Waals surface area contributed by atoms with Crippen LogP contribution in [-0.4, -0.2) is 97.9 Å². The second kappa shape index (κ2) is 13.7. The largest absolute Gasteiger partial charge is 0.480 e. The van der Waals surface area contributed by atoms with E-state index in [1.165, 1.54) is 31.2 Å². The van der Waals surface area contributed by atoms with E-state index in [2.05, 4.69) is 25.9 Å². The Labute approximate surface area is 188 Å². The lowest BCUT2D eigenvalue weighted by Gasteiger charge is -2.24. The number of hydrogen-bond donors (Lipinski definition) is 8. The lowest BCUT2D eigenvalue weighted by atomic mass is 10.1. The summed E-state index contributed by atoms with van der Waals surface area (Å²) < 4.78 is 0. The lowest BCUT2D eigenvalue weighted by molar-refractivity contribution is -0.142. The normalized spacial score (nSPS) is 15.7. The molecular formula is C18H30N6O7S. The molecule has 3 amide bonds. The number of aliphatic carboxylic acids is 1. The molecule has 5 atom stereocenters. The van der Waals surface area contributed by atoms with Crippen molar-refractivity contribution in [3.05, 3.63) is 18.2 Å². The second-order valence-corrected chi connectivity index (χ2v) is 8.02. The van der Waals surface area contributed by atoms with Crippen molar-refractivity contribution < 1.29 is 34.5 Å². The number of aliphatic hydroxyl groups is 2. The van der Waals surface area contributed by atoms with Gasteiger partial charge in [0, 0.05) is 18.3 Å². The van der Waals surface area contributed by atoms with Gasteiger partial charge in [0.2, 0.25) is 17.7 Å². The molecule has 1 heterocycles. The number of thioether (sulfide) groups is 1. The highest BCUT2D eigenvalue weighted by Crippen LogP contribution is 2.04. The van der Waals surface area contributed by atoms with E-state index in [0.717, 1.165) is 0 Å². The number of carbonyl (C=O) groups excluding carboxylic acids is 3. The van der Waals surface area contributed by atoms with E-state index in [-0.39, 0.29) is 12.8 Å². The maximum absolute atomic E-state index is 12.8. The molecule has 0 saturated heterocycles. The van der Waals surface area contributed by atoms with Crippen LogP contribution >= 0.6 is 11.8 Å². The van der Waals surface area contributed by atoms with Crippen LogP contribution in [0.3, 0.4) is 0 Å². The summed E-state index contributed by atoms with van der Waals surface area (Å²) in [5, 5.41) is 35.3. The van der Waals surface area contributed by atoms with Gasteiger partial charge < -0.3 is 42.0 Å². The number of rotatable bonds is 14. The average molecular weight is 475 g/mol. The fraction of sp³-hybridized carbons (Fsp3) is 0.611. The van der Waals surface area contributed by atoms with Gasteiger partial charge in [0.15, 0.2) is 0 Å². The Morgan fingerprint density at radius 2 is 1.72 bits per heavy atom. The van der Waals surface area contributed by atoms with Crippen LogP contribution in [0.2, 0.25) is 0 Å². The molecule has 1 aromatic rings. The first-order valence-electron chi connectivity index (χ1n) is 9.75. The summed E-state index contributed by atoms with van der Waals surface area (Å²) in [6.45, 7) is 0.515. The maximum Gasteiger partial charge on any atom is 0.326 e. The Balaban J connectivity index is 2.90. The predicted molar refractivity (Wildman–Crippen MR) is 115 cm³/mol. The first kappa shape index (κ1) is 27.4. The number of amides is 3. The highest BCUT2D eigenvalue weighted by Gasteiger charge is 2.31. The summed E-state index contributed by atoms with van der Waals surface area (Å²) in [7, 11) is 0. The Morgan fingerprint density at radius 1 is 1.12 bits per heavy atom. The van der Waals surface area contributed by atoms with Crippen molar-refractivity contribution in [1.82, 2.24) is 25.9 Å². The number of carboxylic acid groups (broad SMARTS) is 1. The van der Waals surface area contributed by atoms with Gasteiger partial charge in [-0.05, 0) is 25.4 Å². The van der Waals surface area contributed by atoms with Crippen molar-refractivity contribution in [3.63, 3.8) is 0 Å². The van der Waals surface area contributed by atoms with E-state index >= 15 is 0 Å². The fourth-order valence-corrected chi connectivity index (χ4v) is 3.02. The minimum atomic E-state index is -1.45. The van der Waals surface area contributed by atoms with Gasteiger partial charge in [-0.25, -0.2) is 9.78 Å². The molecule has 0 aliphatic heterocycles. The highest BCUT2D eigenvalue weighted by molar-refractivity contribution is 7.98. The molecule has 180 valence electrons. The number of aromatic nitrogens is 2. The molecule has 1 aromatic heterocycles. The van der Waals surface area contributed by atoms with E-state index in [9.17, 15) is 34.5 Å². The molecule has 0 aliphatic carbocycles. The van der Waals surface area contributed by atoms with E-state index < -0.39 is 60.6 Å². The Morgan fingerprint density at radius 3 is 2.22 bits per heavy atom. The topological polar surface area (TPSA) is 220 Å². The molecule has 0 spiro atoms. The van der Waals surface area contributed by atoms with Crippen LogP contribution in [0, 0.1) is 0 Å². The molecule has 0 fully saturated rings. The van der Waals surface area contributed by atoms with Crippen LogP contribution < -0.4 is 21.7 Å². The van der Waals surface area contributed by atoms with Gasteiger partial charge in [0.1, 0.15) is 24.2 Å². The van der Waals surface area contributed by atoms with Crippen molar-refractivity contribution in [3.8, 4) is 0 Å². The number of nitrogens with two attached hydrogens (primary N) is 1. The van der Waals surface area contributed by atoms with Crippen LogP contribution in [0.4, 0.5) is 0 Å². The number of aromatic amines is 1. The van der Waals surface area contributed by atoms with E-state index in [4.69, 9.17) is 5.73 Å². The number of aliphatic hydroxyl groups excluding tert-OH is 2. The molecular weight excluding hydrogens is 444 g/mol. The van der Waals surface area contributed by atoms with Gasteiger partial charge in [0.05, 0.1) is 19.0 Å². The number of carbonyl (C=O) groups is 4. The van der Waals surface area contributed by atoms with Gasteiger partial charge in [-0.15, -0.1) is 0 Å². The zero-order valence-electron chi connectivity index (χ0n) is 17.8. The summed E-state index contributed by atoms with van der Waals surface area (Å²) in [4.78, 5) is 55.4. The SMILES string of the molecule is CSCCC(NC(=O)C(CO)NC(=O)C(Cc1cnc[nH]1)NC(=O)C(N)C(C)O)C(=O)O. The minimum Gasteiger partial charge on any atom is -0.480 e. The molecule has 0 bridgehead atoms. The summed E-state index contributed by atoms with van der Waals surface area (Å²) in [6, 6.07) is -5.16. The third-order valence-corrected chi connectivity index (χ3v) is 5.12. The third kappa shape index (κ3) is 8.82. The summed E-state index contributed by atoms with van der Waals surface area (Å²) >= 11 is 1.40. The first-order chi connectivity index (χ1) is 15.1. The highest BCUT2D eigenvalue weighted by atomic mass is 32.2. The molecule has 32 heavy (non-hydrogen) atoms. The van der Waals surface area contributed by atoms with Crippen molar-refractivity contribution in [2.24, 2.45) is 5.73 Å². The molecule has 0 radical (unpaired) electrons. The predicted octanol–water partition coefficient (Wildman–Crippen LogP) is -3.06. The Kier molecular flexibility index (Phi) is 11.7. The number of nitrogens with one attached hydrogen (secondary N) is 4. The van der Waals surface area contributed by atoms with Crippen LogP contribution in [0.5, 0.6) is 0 Å². The van der Waals surface area contributed by atoms with E-state index in [1.807, 2.05) is 0 Å². The van der Waals surface area contributed by atoms with Crippen molar-refractivity contribution >= 4 is 35.5 Å². The van der Waals surface area contributed by atoms with Crippen molar-refractivity contribution in [2.45, 2.75) is 50.0 Å². The molecule has 1 rings (SSSR count). The molecule has 5 unspecified atom stereocenters. The van der Waals surface area contributed by atoms with Gasteiger partial charge >= 0.3 is 5.97 Å². The number of hydrogen-bond acceptors (Lipinski definition) is 9. The first-order valence-corrected chi connectivity index (χ1v) is 11.1. The number of carboxylic acids is 1. The Hall–Kier alpha value is -2.68. The van der Waals surface area contributed by atoms with Crippen LogP contribution in [-0.2, 0) is 25.6 Å².